The van der Waals surface area contributed by atoms with Gasteiger partial charge in [-0.2, -0.15) is 0 Å². The fraction of sp³-hybridized carbons (Fsp3) is 0.443. The number of nitrogens with zero attached hydrogens (tertiary/aromatic N) is 5. The zero-order valence-corrected chi connectivity index (χ0v) is 78.4. The van der Waals surface area contributed by atoms with Crippen molar-refractivity contribution in [2.45, 2.75) is 196 Å². The van der Waals surface area contributed by atoms with E-state index in [0.717, 1.165) is 37.6 Å². The van der Waals surface area contributed by atoms with Crippen LogP contribution in [0.2, 0.25) is 0 Å². The van der Waals surface area contributed by atoms with Gasteiger partial charge in [-0.1, -0.05) is 157 Å². The number of aromatic amines is 1. The van der Waals surface area contributed by atoms with Gasteiger partial charge >= 0.3 is 5.97 Å². The lowest BCUT2D eigenvalue weighted by Gasteiger charge is -2.38. The van der Waals surface area contributed by atoms with Crippen molar-refractivity contribution in [1.29, 1.82) is 0 Å². The molecule has 14 atom stereocenters. The molecule has 15 N–H and O–H groups in total. The van der Waals surface area contributed by atoms with Crippen LogP contribution in [0.1, 0.15) is 107 Å². The number of unbranched alkanes of at least 4 members (excludes halogenated alkanes) is 1. The molecule has 15 amide bonds. The largest absolute Gasteiger partial charge is 0.508 e. The van der Waals surface area contributed by atoms with Crippen LogP contribution < -0.4 is 53.6 Å². The Balaban J connectivity index is 1.07. The van der Waals surface area contributed by atoms with Gasteiger partial charge in [0.2, 0.25) is 88.6 Å². The van der Waals surface area contributed by atoms with Gasteiger partial charge in [0, 0.05) is 102 Å². The highest BCUT2D eigenvalue weighted by molar-refractivity contribution is 8.00. The number of morpholine rings is 1. The Hall–Kier alpha value is -13.8. The minimum Gasteiger partial charge on any atom is -0.508 e. The number of thioether (sulfide) groups is 1. The summed E-state index contributed by atoms with van der Waals surface area (Å²) in [4.78, 5) is 247. The van der Waals surface area contributed by atoms with Crippen molar-refractivity contribution in [3.63, 3.8) is 0 Å². The monoisotopic (exact) mass is 1930 g/mol. The molecule has 3 aliphatic rings. The highest BCUT2D eigenvalue weighted by atomic mass is 32.2. The van der Waals surface area contributed by atoms with Crippen LogP contribution in [-0.2, 0) is 120 Å². The van der Waals surface area contributed by atoms with Crippen LogP contribution in [-0.4, -0.2) is 290 Å². The maximum Gasteiger partial charge on any atom is 0.305 e. The van der Waals surface area contributed by atoms with E-state index in [1.165, 1.54) is 70.4 Å². The molecule has 3 saturated heterocycles. The third-order valence-electron chi connectivity index (χ3n) is 24.3. The lowest BCUT2D eigenvalue weighted by atomic mass is 9.98. The number of halogens is 4. The number of primary amides is 1. The first kappa shape index (κ1) is 106. The summed E-state index contributed by atoms with van der Waals surface area (Å²) in [7, 11) is 3.63. The van der Waals surface area contributed by atoms with E-state index in [1.807, 2.05) is 0 Å². The molecule has 3 fully saturated rings. The van der Waals surface area contributed by atoms with Gasteiger partial charge in [0.1, 0.15) is 90.1 Å². The van der Waals surface area contributed by atoms with E-state index < -0.39 is 277 Å². The van der Waals surface area contributed by atoms with Crippen LogP contribution in [0.25, 0.3) is 10.9 Å². The molecule has 4 heterocycles. The molecule has 6 aromatic carbocycles. The predicted octanol–water partition coefficient (Wildman–Crippen LogP) is 2.45. The number of aliphatic hydroxyl groups is 1. The number of fused-ring (bicyclic) bond motifs is 3. The number of carbonyl (C=O) groups is 16. The van der Waals surface area contributed by atoms with Gasteiger partial charge in [-0.3, -0.25) is 76.7 Å². The van der Waals surface area contributed by atoms with Crippen molar-refractivity contribution in [3.05, 3.63) is 208 Å². The first-order valence-electron chi connectivity index (χ1n) is 45.4. The fourth-order valence-corrected chi connectivity index (χ4v) is 17.7. The molecule has 138 heavy (non-hydrogen) atoms. The lowest BCUT2D eigenvalue weighted by Crippen LogP contribution is -2.64. The molecular weight excluding hydrogens is 1820 g/mol. The molecule has 0 unspecified atom stereocenters. The van der Waals surface area contributed by atoms with Crippen molar-refractivity contribution in [1.82, 2.24) is 77.3 Å². The number of carboxylic acid groups (broad SMARTS) is 1. The van der Waals surface area contributed by atoms with Crippen molar-refractivity contribution < 1.29 is 114 Å². The van der Waals surface area contributed by atoms with Gasteiger partial charge in [-0.05, 0) is 94.5 Å². The zero-order valence-electron chi connectivity index (χ0n) is 77.6. The molecule has 3 aliphatic heterocycles. The van der Waals surface area contributed by atoms with Crippen LogP contribution >= 0.6 is 11.8 Å². The molecule has 0 aliphatic carbocycles. The number of aliphatic carboxylic acids is 1. The van der Waals surface area contributed by atoms with E-state index in [-0.39, 0.29) is 69.4 Å². The number of benzene rings is 6. The number of aromatic hydroxyl groups is 1. The van der Waals surface area contributed by atoms with E-state index in [9.17, 15) is 48.5 Å². The van der Waals surface area contributed by atoms with Crippen molar-refractivity contribution in [2.24, 2.45) is 17.6 Å². The van der Waals surface area contributed by atoms with E-state index in [2.05, 4.69) is 52.8 Å². The number of carbonyl (C=O) groups excluding carboxylic acids is 15. The smallest absolute Gasteiger partial charge is 0.305 e. The topological polar surface area (TPSA) is 509 Å². The molecule has 7 aromatic rings. The summed E-state index contributed by atoms with van der Waals surface area (Å²) in [6, 6.07) is 12.9. The summed E-state index contributed by atoms with van der Waals surface area (Å²) in [5, 5.41) is 56.2. The summed E-state index contributed by atoms with van der Waals surface area (Å²) in [5.41, 5.74) is 7.19. The van der Waals surface area contributed by atoms with E-state index in [1.54, 1.807) is 112 Å². The molecular formula is C97H118F4N16O20S. The number of hydrogen-bond donors (Lipinski definition) is 14. The molecule has 36 nitrogen and oxygen atoms in total. The third kappa shape index (κ3) is 28.9. The average molecular weight is 1940 g/mol. The summed E-state index contributed by atoms with van der Waals surface area (Å²) in [5.74, 6) is -26.3. The second-order valence-corrected chi connectivity index (χ2v) is 36.4. The predicted molar refractivity (Wildman–Crippen MR) is 497 cm³/mol. The van der Waals surface area contributed by atoms with Crippen molar-refractivity contribution in [2.75, 3.05) is 65.5 Å². The van der Waals surface area contributed by atoms with Crippen molar-refractivity contribution >= 4 is 117 Å². The first-order valence-corrected chi connectivity index (χ1v) is 46.6. The third-order valence-corrected chi connectivity index (χ3v) is 25.3. The standard InChI is InChI=1S/C97H118F4N16O20S/c1-9-10-29-75-96(135)117-49-62(119)45-77(117)91(130)109-71(46-82(122)123)89(128)112-84(54(4)5)97(136)114(7)76(41-55-21-13-11-14-22-55)90(129)110-73(39-57-30-32-61(118)33-31-57)94(133)116-34-35-137-50-79(116)92(131)108-70(44-60-47-103-67-28-20-18-26-63(60)67)88(127)107-69(43-59-25-17-19-27-64(59)98)87(126)106-68(36-53(2)3)86(125)111-74(85(124)104-48-80(102)120)51-138-52-81(121)105-72(40-58-37-65(99)83(101)66(100)38-58)93(132)115(8)78(95(134)113(75)6)42-56-23-15-12-16-24-56/h11-28,30-33,37-38,47,53-54,62,68-79,84,103,118-119H,9-10,29,34-36,39-46,48-52H2,1-8H3,(H2,102,120)(H,104,124)(H,105,121)(H,106,126)(H,107,127)(H,108,131)(H,109,130)(H,110,129)(H,111,125)(H,112,128)(H,122,123)/t62-,68+,69+,70-,71+,72+,73+,74+,75+,76+,77-,78+,79-,84+/m1/s1. The second-order valence-electron chi connectivity index (χ2n) is 35.4. The normalized spacial score (nSPS) is 23.8. The van der Waals surface area contributed by atoms with E-state index >= 15 is 61.1 Å². The number of amides is 15. The van der Waals surface area contributed by atoms with Crippen LogP contribution in [0, 0.1) is 35.1 Å². The number of nitrogens with one attached hydrogen (secondary N) is 10. The summed E-state index contributed by atoms with van der Waals surface area (Å²) in [6.07, 6.45) is -4.05. The number of likely N-dealkylation sites (N-methyl/N-ethyl adjacent to an activating group) is 3. The first-order chi connectivity index (χ1) is 65.7. The number of H-pyrrole nitrogens is 1. The SMILES string of the molecule is CCCC[C@H]1C(=O)N2C[C@H](O)C[C@@H]2C(=O)N[C@@H](CC(=O)O)C(=O)N[C@@H](C(C)C)C(=O)N(C)[C@@H](Cc2ccccc2)C(=O)N[C@@H](Cc2ccc(O)cc2)C(=O)N2CCOC[C@@H]2C(=O)N[C@H](Cc2c[nH]c3ccccc23)C(=O)N[C@@H](Cc2ccccc2F)C(=O)N[C@@H](CC(C)C)C(=O)N[C@H](C(=O)NCC(N)=O)CSCC(=O)N[C@@H](Cc2cc(F)c(F)c(F)c2)C(=O)N(C)[C@@H](Cc2ccccc2)C(=O)N1C. The Bertz CT molecular complexity index is 5530. The Morgan fingerprint density at radius 1 is 0.529 bits per heavy atom. The van der Waals surface area contributed by atoms with Gasteiger partial charge in [-0.25, -0.2) is 17.6 Å². The molecule has 10 rings (SSSR count). The number of nitrogens with two attached hydrogens (primary N) is 1. The minimum absolute atomic E-state index is 0.130. The van der Waals surface area contributed by atoms with Gasteiger partial charge in [0.15, 0.2) is 17.5 Å². The Morgan fingerprint density at radius 3 is 1.69 bits per heavy atom. The van der Waals surface area contributed by atoms with Crippen LogP contribution in [0.3, 0.4) is 0 Å². The molecule has 740 valence electrons. The van der Waals surface area contributed by atoms with Crippen LogP contribution in [0.5, 0.6) is 5.75 Å². The number of para-hydroxylation sites is 1. The van der Waals surface area contributed by atoms with E-state index in [0.29, 0.717) is 63.5 Å². The van der Waals surface area contributed by atoms with Crippen molar-refractivity contribution in [3.8, 4) is 5.75 Å². The number of phenolic OH excluding ortho intramolecular Hbond substituents is 1. The molecule has 0 spiro atoms. The van der Waals surface area contributed by atoms with Gasteiger partial charge in [-0.15, -0.1) is 11.8 Å². The van der Waals surface area contributed by atoms with E-state index in [4.69, 9.17) is 10.5 Å². The molecule has 0 saturated carbocycles. The quantitative estimate of drug-likeness (QED) is 0.0323. The number of phenols is 1. The number of ether oxygens (including phenoxy) is 1. The second kappa shape index (κ2) is 49.8. The fourth-order valence-electron chi connectivity index (χ4n) is 16.8. The molecule has 1 aromatic heterocycles. The highest BCUT2D eigenvalue weighted by Crippen LogP contribution is 2.29. The summed E-state index contributed by atoms with van der Waals surface area (Å²) in [6.45, 7) is 5.73. The summed E-state index contributed by atoms with van der Waals surface area (Å²) < 4.78 is 67.2. The number of aliphatic hydroxyl groups excluding tert-OH is 1. The number of rotatable bonds is 23. The number of carboxylic acids is 1. The van der Waals surface area contributed by atoms with Gasteiger partial charge in [0.25, 0.3) is 0 Å². The lowest BCUT2D eigenvalue weighted by molar-refractivity contribution is -0.152. The Kier molecular flexibility index (Phi) is 38.3. The molecule has 0 radical (unpaired) electrons. The number of aromatic nitrogens is 1. The van der Waals surface area contributed by atoms with Crippen LogP contribution in [0.4, 0.5) is 17.6 Å². The van der Waals surface area contributed by atoms with Gasteiger partial charge in [0.05, 0.1) is 38.0 Å². The number of hydrogen-bond acceptors (Lipinski definition) is 20. The maximum absolute atomic E-state index is 16.1. The Morgan fingerprint density at radius 2 is 1.07 bits per heavy atom. The Labute approximate surface area is 798 Å². The highest BCUT2D eigenvalue weighted by Gasteiger charge is 2.48. The minimum atomic E-state index is -2.05. The average Bonchev–Trinajstić information content (AvgIpc) is 1.43. The van der Waals surface area contributed by atoms with Crippen LogP contribution in [0.15, 0.2) is 152 Å². The zero-order chi connectivity index (χ0) is 100. The maximum atomic E-state index is 16.1. The molecule has 41 heteroatoms. The van der Waals surface area contributed by atoms with Gasteiger partial charge < -0.3 is 103 Å². The molecule has 0 bridgehead atoms. The summed E-state index contributed by atoms with van der Waals surface area (Å²) >= 11 is 0.639.